The quantitative estimate of drug-likeness (QED) is 0.647. The van der Waals surface area contributed by atoms with Gasteiger partial charge in [-0.1, -0.05) is 42.3 Å². The molecular weight excluding hydrogens is 323 g/mol. The van der Waals surface area contributed by atoms with Crippen molar-refractivity contribution in [3.05, 3.63) is 63.6 Å². The normalized spacial score (nSPS) is 11.3. The molecule has 0 bridgehead atoms. The highest BCUT2D eigenvalue weighted by Crippen LogP contribution is 2.21. The number of nitrogens with zero attached hydrogens (tertiary/aromatic N) is 1. The molecule has 0 aromatic heterocycles. The number of hydrogen-bond donors (Lipinski definition) is 2. The van der Waals surface area contributed by atoms with Crippen LogP contribution in [0.5, 0.6) is 5.75 Å². The van der Waals surface area contributed by atoms with Crippen LogP contribution in [0.1, 0.15) is 29.3 Å². The monoisotopic (exact) mass is 336 g/mol. The summed E-state index contributed by atoms with van der Waals surface area (Å²) in [4.78, 5) is 12.1. The van der Waals surface area contributed by atoms with Crippen LogP contribution in [0.2, 0.25) is 10.0 Å². The summed E-state index contributed by atoms with van der Waals surface area (Å²) in [6.07, 6.45) is 0.628. The van der Waals surface area contributed by atoms with E-state index in [0.29, 0.717) is 22.2 Å². The molecule has 0 aliphatic rings. The Morgan fingerprint density at radius 1 is 1.14 bits per heavy atom. The van der Waals surface area contributed by atoms with Gasteiger partial charge in [0.1, 0.15) is 5.75 Å². The number of nitrogens with one attached hydrogen (secondary N) is 1. The number of benzene rings is 2. The lowest BCUT2D eigenvalue weighted by Gasteiger charge is -2.07. The summed E-state index contributed by atoms with van der Waals surface area (Å²) in [5.74, 6) is -0.679. The Labute approximate surface area is 138 Å². The number of halogens is 2. The molecule has 0 radical (unpaired) electrons. The maximum Gasteiger partial charge on any atom is 0.275 e. The first-order valence-corrected chi connectivity index (χ1v) is 7.38. The fraction of sp³-hybridized carbons (Fsp3) is 0.125. The molecule has 0 heterocycles. The zero-order valence-electron chi connectivity index (χ0n) is 11.8. The number of hydrazone groups is 1. The van der Waals surface area contributed by atoms with Crippen LogP contribution >= 0.6 is 23.2 Å². The summed E-state index contributed by atoms with van der Waals surface area (Å²) >= 11 is 11.7. The molecular formula is C16H14Cl2N2O2. The average molecular weight is 337 g/mol. The molecule has 0 aliphatic heterocycles. The van der Waals surface area contributed by atoms with E-state index in [4.69, 9.17) is 23.2 Å². The van der Waals surface area contributed by atoms with E-state index in [1.54, 1.807) is 12.1 Å². The summed E-state index contributed by atoms with van der Waals surface area (Å²) < 4.78 is 0. The first-order chi connectivity index (χ1) is 10.5. The van der Waals surface area contributed by atoms with Crippen LogP contribution in [0.15, 0.2) is 47.6 Å². The minimum atomic E-state index is -0.528. The number of phenols is 1. The molecule has 2 N–H and O–H groups in total. The van der Waals surface area contributed by atoms with Gasteiger partial charge in [-0.15, -0.1) is 0 Å². The number of rotatable bonds is 4. The van der Waals surface area contributed by atoms with E-state index >= 15 is 0 Å². The fourth-order valence-electron chi connectivity index (χ4n) is 1.86. The van der Waals surface area contributed by atoms with Gasteiger partial charge in [-0.05, 0) is 42.3 Å². The zero-order chi connectivity index (χ0) is 16.1. The summed E-state index contributed by atoms with van der Waals surface area (Å²) in [7, 11) is 0. The van der Waals surface area contributed by atoms with Crippen LogP contribution < -0.4 is 5.43 Å². The highest BCUT2D eigenvalue weighted by Gasteiger charge is 2.11. The van der Waals surface area contributed by atoms with Gasteiger partial charge in [0.25, 0.3) is 5.91 Å². The van der Waals surface area contributed by atoms with Gasteiger partial charge in [0, 0.05) is 10.0 Å². The van der Waals surface area contributed by atoms with E-state index in [2.05, 4.69) is 10.5 Å². The maximum absolute atomic E-state index is 12.1. The second-order valence-electron chi connectivity index (χ2n) is 4.52. The number of hydrogen-bond acceptors (Lipinski definition) is 3. The van der Waals surface area contributed by atoms with Crippen LogP contribution in [0.4, 0.5) is 0 Å². The Hall–Kier alpha value is -2.04. The van der Waals surface area contributed by atoms with Crippen molar-refractivity contribution in [3.8, 4) is 5.75 Å². The van der Waals surface area contributed by atoms with Crippen LogP contribution in [0.25, 0.3) is 0 Å². The van der Waals surface area contributed by atoms with Crippen LogP contribution in [0, 0.1) is 0 Å². The topological polar surface area (TPSA) is 61.7 Å². The molecule has 4 nitrogen and oxygen atoms in total. The average Bonchev–Trinajstić information content (AvgIpc) is 2.51. The third-order valence-corrected chi connectivity index (χ3v) is 3.50. The number of amides is 1. The van der Waals surface area contributed by atoms with Gasteiger partial charge in [0.05, 0.1) is 11.3 Å². The zero-order valence-corrected chi connectivity index (χ0v) is 13.3. The van der Waals surface area contributed by atoms with Crippen molar-refractivity contribution >= 4 is 34.8 Å². The van der Waals surface area contributed by atoms with Gasteiger partial charge in [0.2, 0.25) is 0 Å². The third-order valence-electron chi connectivity index (χ3n) is 3.01. The third kappa shape index (κ3) is 4.00. The molecule has 0 saturated heterocycles. The Morgan fingerprint density at radius 2 is 1.77 bits per heavy atom. The molecule has 1 amide bonds. The largest absolute Gasteiger partial charge is 0.507 e. The Morgan fingerprint density at radius 3 is 2.41 bits per heavy atom. The lowest BCUT2D eigenvalue weighted by molar-refractivity contribution is 0.0952. The number of carbonyl (C=O) groups is 1. The molecule has 2 rings (SSSR count). The van der Waals surface area contributed by atoms with E-state index in [9.17, 15) is 9.90 Å². The molecule has 0 fully saturated rings. The van der Waals surface area contributed by atoms with Crippen molar-refractivity contribution in [2.45, 2.75) is 13.3 Å². The molecule has 2 aromatic rings. The first kappa shape index (κ1) is 16.3. The molecule has 0 aliphatic carbocycles. The van der Waals surface area contributed by atoms with Crippen LogP contribution in [-0.2, 0) is 0 Å². The van der Waals surface area contributed by atoms with Crippen LogP contribution in [-0.4, -0.2) is 16.7 Å². The lowest BCUT2D eigenvalue weighted by atomic mass is 10.1. The highest BCUT2D eigenvalue weighted by molar-refractivity contribution is 6.31. The van der Waals surface area contributed by atoms with Gasteiger partial charge in [-0.2, -0.15) is 5.10 Å². The molecule has 22 heavy (non-hydrogen) atoms. The van der Waals surface area contributed by atoms with E-state index in [0.717, 1.165) is 5.56 Å². The van der Waals surface area contributed by atoms with E-state index < -0.39 is 5.91 Å². The second kappa shape index (κ2) is 7.29. The van der Waals surface area contributed by atoms with E-state index in [-0.39, 0.29) is 11.3 Å². The predicted octanol–water partition coefficient (Wildman–Crippen LogP) is 4.24. The van der Waals surface area contributed by atoms with Gasteiger partial charge in [-0.3, -0.25) is 4.79 Å². The summed E-state index contributed by atoms with van der Waals surface area (Å²) in [6, 6.07) is 11.4. The molecule has 0 spiro atoms. The maximum atomic E-state index is 12.1. The van der Waals surface area contributed by atoms with Crippen molar-refractivity contribution < 1.29 is 9.90 Å². The number of aromatic hydroxyl groups is 1. The molecule has 2 aromatic carbocycles. The van der Waals surface area contributed by atoms with Gasteiger partial charge < -0.3 is 5.11 Å². The summed E-state index contributed by atoms with van der Waals surface area (Å²) in [5.41, 5.74) is 4.06. The Kier molecular flexibility index (Phi) is 5.41. The smallest absolute Gasteiger partial charge is 0.275 e. The summed E-state index contributed by atoms with van der Waals surface area (Å²) in [6.45, 7) is 1.93. The SMILES string of the molecule is CCC(=NNC(=O)c1cc(Cl)ccc1O)c1ccc(Cl)cc1. The summed E-state index contributed by atoms with van der Waals surface area (Å²) in [5, 5.41) is 14.8. The van der Waals surface area contributed by atoms with Gasteiger partial charge in [0.15, 0.2) is 0 Å². The van der Waals surface area contributed by atoms with Crippen molar-refractivity contribution in [1.82, 2.24) is 5.43 Å². The molecule has 0 saturated carbocycles. The minimum absolute atomic E-state index is 0.0720. The van der Waals surface area contributed by atoms with Gasteiger partial charge >= 0.3 is 0 Å². The second-order valence-corrected chi connectivity index (χ2v) is 5.39. The highest BCUT2D eigenvalue weighted by atomic mass is 35.5. The molecule has 6 heteroatoms. The predicted molar refractivity (Wildman–Crippen MR) is 88.9 cm³/mol. The van der Waals surface area contributed by atoms with Crippen molar-refractivity contribution in [2.24, 2.45) is 5.10 Å². The van der Waals surface area contributed by atoms with Crippen LogP contribution in [0.3, 0.4) is 0 Å². The molecule has 0 atom stereocenters. The standard InChI is InChI=1S/C16H14Cl2N2O2/c1-2-14(10-3-5-11(17)6-4-10)19-20-16(22)13-9-12(18)7-8-15(13)21/h3-9,21H,2H2,1H3,(H,20,22). The number of phenolic OH excluding ortho intramolecular Hbond substituents is 1. The fourth-order valence-corrected chi connectivity index (χ4v) is 2.16. The minimum Gasteiger partial charge on any atom is -0.507 e. The van der Waals surface area contributed by atoms with Crippen molar-refractivity contribution in [1.29, 1.82) is 0 Å². The molecule has 0 unspecified atom stereocenters. The Bertz CT molecular complexity index is 713. The van der Waals surface area contributed by atoms with E-state index in [1.807, 2.05) is 19.1 Å². The lowest BCUT2D eigenvalue weighted by Crippen LogP contribution is -2.20. The van der Waals surface area contributed by atoms with Gasteiger partial charge in [-0.25, -0.2) is 5.43 Å². The first-order valence-electron chi connectivity index (χ1n) is 6.62. The Balaban J connectivity index is 2.19. The number of carbonyl (C=O) groups excluding carboxylic acids is 1. The van der Waals surface area contributed by atoms with E-state index in [1.165, 1.54) is 18.2 Å². The molecule has 114 valence electrons. The van der Waals surface area contributed by atoms with Crippen molar-refractivity contribution in [3.63, 3.8) is 0 Å². The van der Waals surface area contributed by atoms with Crippen molar-refractivity contribution in [2.75, 3.05) is 0 Å².